The smallest absolute Gasteiger partial charge is 0.134 e. The molecule has 3 rings (SSSR count). The van der Waals surface area contributed by atoms with Crippen molar-refractivity contribution in [2.75, 3.05) is 31.5 Å². The first-order chi connectivity index (χ1) is 10.3. The molecule has 1 N–H and O–H groups in total. The average molecular weight is 307 g/mol. The number of methoxy groups -OCH3 is 1. The molecular formula is C16H19ClN2O2. The van der Waals surface area contributed by atoms with Gasteiger partial charge in [0.1, 0.15) is 11.6 Å². The summed E-state index contributed by atoms with van der Waals surface area (Å²) in [6.07, 6.45) is 3.59. The van der Waals surface area contributed by atoms with Crippen molar-refractivity contribution in [3.63, 3.8) is 0 Å². The highest BCUT2D eigenvalue weighted by Gasteiger charge is 2.32. The molecule has 0 unspecified atom stereocenters. The third-order valence-corrected chi connectivity index (χ3v) is 4.57. The van der Waals surface area contributed by atoms with Gasteiger partial charge in [-0.25, -0.2) is 4.98 Å². The van der Waals surface area contributed by atoms with Crippen LogP contribution in [-0.2, 0) is 4.74 Å². The fraction of sp³-hybridized carbons (Fsp3) is 0.438. The number of ether oxygens (including phenoxy) is 2. The van der Waals surface area contributed by atoms with Crippen LogP contribution in [0.15, 0.2) is 30.5 Å². The molecule has 0 amide bonds. The zero-order valence-corrected chi connectivity index (χ0v) is 12.8. The number of hydrogen-bond acceptors (Lipinski definition) is 4. The fourth-order valence-electron chi connectivity index (χ4n) is 2.68. The van der Waals surface area contributed by atoms with E-state index in [9.17, 15) is 0 Å². The van der Waals surface area contributed by atoms with Gasteiger partial charge in [0.2, 0.25) is 0 Å². The van der Waals surface area contributed by atoms with Gasteiger partial charge in [-0.15, -0.1) is 11.6 Å². The van der Waals surface area contributed by atoms with E-state index in [1.807, 2.05) is 30.5 Å². The lowest BCUT2D eigenvalue weighted by Gasteiger charge is -2.37. The molecule has 1 aromatic carbocycles. The van der Waals surface area contributed by atoms with Crippen molar-refractivity contribution in [1.29, 1.82) is 0 Å². The number of pyridine rings is 1. The minimum absolute atomic E-state index is 0.149. The fourth-order valence-corrected chi connectivity index (χ4v) is 3.01. The molecular weight excluding hydrogens is 288 g/mol. The normalized spacial score (nSPS) is 17.6. The van der Waals surface area contributed by atoms with Crippen molar-refractivity contribution in [3.8, 4) is 5.75 Å². The molecule has 5 heteroatoms. The minimum Gasteiger partial charge on any atom is -0.497 e. The lowest BCUT2D eigenvalue weighted by molar-refractivity contribution is 0.0667. The summed E-state index contributed by atoms with van der Waals surface area (Å²) in [6.45, 7) is 1.46. The van der Waals surface area contributed by atoms with E-state index < -0.39 is 0 Å². The number of fused-ring (bicyclic) bond motifs is 1. The van der Waals surface area contributed by atoms with Crippen molar-refractivity contribution >= 4 is 28.2 Å². The predicted molar refractivity (Wildman–Crippen MR) is 85.4 cm³/mol. The largest absolute Gasteiger partial charge is 0.497 e. The Hall–Kier alpha value is -1.52. The summed E-state index contributed by atoms with van der Waals surface area (Å²) in [5, 5.41) is 5.74. The monoisotopic (exact) mass is 306 g/mol. The first-order valence-electron chi connectivity index (χ1n) is 7.11. The maximum Gasteiger partial charge on any atom is 0.134 e. The van der Waals surface area contributed by atoms with Gasteiger partial charge in [-0.05, 0) is 36.4 Å². The van der Waals surface area contributed by atoms with Gasteiger partial charge in [-0.2, -0.15) is 0 Å². The maximum absolute atomic E-state index is 6.23. The van der Waals surface area contributed by atoms with E-state index in [1.54, 1.807) is 7.11 Å². The van der Waals surface area contributed by atoms with Crippen LogP contribution in [-0.4, -0.2) is 36.7 Å². The number of alkyl halides is 1. The van der Waals surface area contributed by atoms with Gasteiger partial charge in [0.25, 0.3) is 0 Å². The first kappa shape index (κ1) is 14.4. The van der Waals surface area contributed by atoms with Crippen molar-refractivity contribution in [2.24, 2.45) is 0 Å². The number of anilines is 1. The summed E-state index contributed by atoms with van der Waals surface area (Å²) in [4.78, 5) is 4.50. The Morgan fingerprint density at radius 1 is 1.33 bits per heavy atom. The van der Waals surface area contributed by atoms with Crippen LogP contribution < -0.4 is 10.1 Å². The molecule has 2 heterocycles. The van der Waals surface area contributed by atoms with Gasteiger partial charge >= 0.3 is 0 Å². The summed E-state index contributed by atoms with van der Waals surface area (Å²) in [7, 11) is 1.67. The Bertz CT molecular complexity index is 627. The van der Waals surface area contributed by atoms with E-state index in [-0.39, 0.29) is 5.54 Å². The molecule has 1 fully saturated rings. The van der Waals surface area contributed by atoms with Crippen LogP contribution >= 0.6 is 11.6 Å². The van der Waals surface area contributed by atoms with Crippen LogP contribution in [0.3, 0.4) is 0 Å². The van der Waals surface area contributed by atoms with E-state index in [0.717, 1.165) is 48.4 Å². The Labute approximate surface area is 129 Å². The molecule has 0 bridgehead atoms. The molecule has 21 heavy (non-hydrogen) atoms. The van der Waals surface area contributed by atoms with Crippen LogP contribution in [0.4, 0.5) is 5.82 Å². The highest BCUT2D eigenvalue weighted by atomic mass is 35.5. The molecule has 2 aromatic rings. The molecule has 0 radical (unpaired) electrons. The zero-order chi connectivity index (χ0) is 14.7. The first-order valence-corrected chi connectivity index (χ1v) is 7.64. The van der Waals surface area contributed by atoms with Crippen LogP contribution in [0.1, 0.15) is 12.8 Å². The molecule has 1 saturated heterocycles. The molecule has 1 aliphatic heterocycles. The van der Waals surface area contributed by atoms with E-state index in [2.05, 4.69) is 10.3 Å². The number of nitrogens with zero attached hydrogens (tertiary/aromatic N) is 1. The standard InChI is InChI=1S/C16H19ClN2O2/c1-20-13-3-2-12-4-7-18-15(14(12)10-13)19-16(11-17)5-8-21-9-6-16/h2-4,7,10H,5-6,8-9,11H2,1H3,(H,18,19). The van der Waals surface area contributed by atoms with Gasteiger partial charge in [0.15, 0.2) is 0 Å². The average Bonchev–Trinajstić information content (AvgIpc) is 2.55. The Morgan fingerprint density at radius 3 is 2.86 bits per heavy atom. The van der Waals surface area contributed by atoms with Crippen molar-refractivity contribution in [3.05, 3.63) is 30.5 Å². The van der Waals surface area contributed by atoms with Gasteiger partial charge < -0.3 is 14.8 Å². The minimum atomic E-state index is -0.149. The molecule has 112 valence electrons. The van der Waals surface area contributed by atoms with Crippen LogP contribution in [0.25, 0.3) is 10.8 Å². The number of rotatable bonds is 4. The van der Waals surface area contributed by atoms with Gasteiger partial charge in [0.05, 0.1) is 12.6 Å². The molecule has 0 aliphatic carbocycles. The highest BCUT2D eigenvalue weighted by Crippen LogP contribution is 2.31. The van der Waals surface area contributed by atoms with Gasteiger partial charge in [-0.1, -0.05) is 6.07 Å². The molecule has 0 spiro atoms. The van der Waals surface area contributed by atoms with Gasteiger partial charge in [-0.3, -0.25) is 0 Å². The van der Waals surface area contributed by atoms with E-state index in [1.165, 1.54) is 0 Å². The maximum atomic E-state index is 6.23. The van der Waals surface area contributed by atoms with Gasteiger partial charge in [0, 0.05) is 30.7 Å². The molecule has 1 aromatic heterocycles. The van der Waals surface area contributed by atoms with E-state index >= 15 is 0 Å². The number of halogens is 1. The summed E-state index contributed by atoms with van der Waals surface area (Å²) in [5.74, 6) is 2.22. The Kier molecular flexibility index (Phi) is 4.17. The molecule has 0 atom stereocenters. The molecule has 4 nitrogen and oxygen atoms in total. The van der Waals surface area contributed by atoms with Crippen LogP contribution in [0, 0.1) is 0 Å². The lowest BCUT2D eigenvalue weighted by atomic mass is 9.92. The number of hydrogen-bond donors (Lipinski definition) is 1. The molecule has 0 saturated carbocycles. The van der Waals surface area contributed by atoms with Crippen LogP contribution in [0.2, 0.25) is 0 Å². The van der Waals surface area contributed by atoms with E-state index in [4.69, 9.17) is 21.1 Å². The second kappa shape index (κ2) is 6.08. The summed E-state index contributed by atoms with van der Waals surface area (Å²) >= 11 is 6.23. The summed E-state index contributed by atoms with van der Waals surface area (Å²) < 4.78 is 10.8. The number of benzene rings is 1. The predicted octanol–water partition coefficient (Wildman–Crippen LogP) is 3.44. The highest BCUT2D eigenvalue weighted by molar-refractivity contribution is 6.19. The van der Waals surface area contributed by atoms with E-state index in [0.29, 0.717) is 5.88 Å². The SMILES string of the molecule is COc1ccc2ccnc(NC3(CCl)CCOCC3)c2c1. The third-order valence-electron chi connectivity index (χ3n) is 4.06. The summed E-state index contributed by atoms with van der Waals surface area (Å²) in [6, 6.07) is 8.00. The Balaban J connectivity index is 1.99. The number of nitrogens with one attached hydrogen (secondary N) is 1. The van der Waals surface area contributed by atoms with Crippen molar-refractivity contribution < 1.29 is 9.47 Å². The zero-order valence-electron chi connectivity index (χ0n) is 12.1. The number of aromatic nitrogens is 1. The second-order valence-electron chi connectivity index (χ2n) is 5.40. The molecule has 1 aliphatic rings. The topological polar surface area (TPSA) is 43.4 Å². The van der Waals surface area contributed by atoms with Crippen molar-refractivity contribution in [2.45, 2.75) is 18.4 Å². The Morgan fingerprint density at radius 2 is 2.14 bits per heavy atom. The lowest BCUT2D eigenvalue weighted by Crippen LogP contribution is -2.45. The summed E-state index contributed by atoms with van der Waals surface area (Å²) in [5.41, 5.74) is -0.149. The van der Waals surface area contributed by atoms with Crippen molar-refractivity contribution in [1.82, 2.24) is 4.98 Å². The second-order valence-corrected chi connectivity index (χ2v) is 5.67. The quantitative estimate of drug-likeness (QED) is 0.879. The third kappa shape index (κ3) is 2.92. The van der Waals surface area contributed by atoms with Crippen LogP contribution in [0.5, 0.6) is 5.75 Å².